The molecule has 0 unspecified atom stereocenters. The van der Waals surface area contributed by atoms with Crippen LogP contribution in [0.2, 0.25) is 0 Å². The Labute approximate surface area is 146 Å². The number of ether oxygens (including phenoxy) is 2. The molecule has 0 aromatic heterocycles. The van der Waals surface area contributed by atoms with Gasteiger partial charge in [-0.15, -0.1) is 0 Å². The van der Waals surface area contributed by atoms with Gasteiger partial charge in [0.25, 0.3) is 5.91 Å². The van der Waals surface area contributed by atoms with Crippen molar-refractivity contribution in [3.8, 4) is 11.5 Å². The molecule has 26 heavy (non-hydrogen) atoms. The molecule has 2 N–H and O–H groups in total. The highest BCUT2D eigenvalue weighted by molar-refractivity contribution is 5.89. The minimum absolute atomic E-state index is 0.256. The van der Waals surface area contributed by atoms with E-state index in [0.717, 1.165) is 24.3 Å². The zero-order valence-electron chi connectivity index (χ0n) is 13.3. The number of carbonyl (C=O) groups is 2. The van der Waals surface area contributed by atoms with Crippen LogP contribution in [-0.2, 0) is 9.59 Å². The van der Waals surface area contributed by atoms with Crippen LogP contribution in [0.25, 0.3) is 6.08 Å². The Kier molecular flexibility index (Phi) is 5.99. The number of amides is 1. The molecule has 2 rings (SSSR count). The lowest BCUT2D eigenvalue weighted by Crippen LogP contribution is -2.19. The molecule has 2 aromatic rings. The number of halogens is 1. The van der Waals surface area contributed by atoms with E-state index in [1.54, 1.807) is 24.3 Å². The molecule has 2 aromatic carbocycles. The SMILES string of the molecule is NC(=O)COc1ccc(/C=C/C(=O)Oc2cc(F)ccc2[N+](=O)[O-])cc1. The fourth-order valence-electron chi connectivity index (χ4n) is 1.86. The first-order valence-corrected chi connectivity index (χ1v) is 7.20. The molecule has 0 fully saturated rings. The van der Waals surface area contributed by atoms with Crippen molar-refractivity contribution in [3.63, 3.8) is 0 Å². The Hall–Kier alpha value is -3.75. The van der Waals surface area contributed by atoms with E-state index in [0.29, 0.717) is 11.3 Å². The van der Waals surface area contributed by atoms with Gasteiger partial charge in [0.2, 0.25) is 5.75 Å². The quantitative estimate of drug-likeness (QED) is 0.266. The van der Waals surface area contributed by atoms with Crippen LogP contribution in [-0.4, -0.2) is 23.4 Å². The first-order valence-electron chi connectivity index (χ1n) is 7.20. The zero-order chi connectivity index (χ0) is 19.1. The molecule has 134 valence electrons. The Morgan fingerprint density at radius 2 is 1.88 bits per heavy atom. The third-order valence-electron chi connectivity index (χ3n) is 3.00. The zero-order valence-corrected chi connectivity index (χ0v) is 13.3. The Morgan fingerprint density at radius 3 is 2.50 bits per heavy atom. The van der Waals surface area contributed by atoms with E-state index in [1.807, 2.05) is 0 Å². The van der Waals surface area contributed by atoms with Crippen molar-refractivity contribution >= 4 is 23.6 Å². The van der Waals surface area contributed by atoms with E-state index in [9.17, 15) is 24.1 Å². The van der Waals surface area contributed by atoms with Crippen molar-refractivity contribution in [3.05, 3.63) is 70.0 Å². The minimum Gasteiger partial charge on any atom is -0.484 e. The molecule has 0 radical (unpaired) electrons. The van der Waals surface area contributed by atoms with E-state index in [4.69, 9.17) is 15.2 Å². The number of carbonyl (C=O) groups excluding carboxylic acids is 2. The number of hydrogen-bond donors (Lipinski definition) is 1. The highest BCUT2D eigenvalue weighted by Crippen LogP contribution is 2.27. The number of nitrogens with zero attached hydrogens (tertiary/aromatic N) is 1. The molecule has 0 atom stereocenters. The molecule has 0 bridgehead atoms. The second-order valence-corrected chi connectivity index (χ2v) is 4.95. The van der Waals surface area contributed by atoms with Gasteiger partial charge in [0.15, 0.2) is 6.61 Å². The fraction of sp³-hybridized carbons (Fsp3) is 0.0588. The van der Waals surface area contributed by atoms with Crippen LogP contribution in [0.15, 0.2) is 48.5 Å². The molecule has 0 spiro atoms. The van der Waals surface area contributed by atoms with Crippen LogP contribution in [0.1, 0.15) is 5.56 Å². The summed E-state index contributed by atoms with van der Waals surface area (Å²) >= 11 is 0. The van der Waals surface area contributed by atoms with Crippen molar-refractivity contribution in [2.24, 2.45) is 5.73 Å². The van der Waals surface area contributed by atoms with Crippen molar-refractivity contribution in [1.82, 2.24) is 0 Å². The monoisotopic (exact) mass is 360 g/mol. The minimum atomic E-state index is -0.909. The number of nitro benzene ring substituents is 1. The third kappa shape index (κ3) is 5.41. The maximum absolute atomic E-state index is 13.2. The lowest BCUT2D eigenvalue weighted by Gasteiger charge is -2.04. The number of benzene rings is 2. The Balaban J connectivity index is 2.02. The molecule has 1 amide bonds. The summed E-state index contributed by atoms with van der Waals surface area (Å²) in [6.07, 6.45) is 2.43. The summed E-state index contributed by atoms with van der Waals surface area (Å²) in [4.78, 5) is 32.5. The van der Waals surface area contributed by atoms with E-state index in [-0.39, 0.29) is 6.61 Å². The van der Waals surface area contributed by atoms with E-state index < -0.39 is 34.1 Å². The average Bonchev–Trinajstić information content (AvgIpc) is 2.59. The van der Waals surface area contributed by atoms with Gasteiger partial charge in [-0.05, 0) is 29.8 Å². The molecule has 0 aliphatic carbocycles. The molecule has 0 saturated heterocycles. The Morgan fingerprint density at radius 1 is 1.19 bits per heavy atom. The highest BCUT2D eigenvalue weighted by atomic mass is 19.1. The average molecular weight is 360 g/mol. The summed E-state index contributed by atoms with van der Waals surface area (Å²) in [6, 6.07) is 8.89. The van der Waals surface area contributed by atoms with Crippen LogP contribution < -0.4 is 15.2 Å². The summed E-state index contributed by atoms with van der Waals surface area (Å²) in [7, 11) is 0. The topological polar surface area (TPSA) is 122 Å². The van der Waals surface area contributed by atoms with Gasteiger partial charge in [0, 0.05) is 18.2 Å². The molecule has 0 aliphatic rings. The number of rotatable bonds is 7. The second kappa shape index (κ2) is 8.38. The largest absolute Gasteiger partial charge is 0.484 e. The van der Waals surface area contributed by atoms with Crippen LogP contribution in [0.5, 0.6) is 11.5 Å². The molecule has 0 aliphatic heterocycles. The van der Waals surface area contributed by atoms with Gasteiger partial charge < -0.3 is 15.2 Å². The summed E-state index contributed by atoms with van der Waals surface area (Å²) in [5.41, 5.74) is 5.04. The van der Waals surface area contributed by atoms with Crippen LogP contribution in [0.3, 0.4) is 0 Å². The highest BCUT2D eigenvalue weighted by Gasteiger charge is 2.17. The summed E-state index contributed by atoms with van der Waals surface area (Å²) in [5.74, 6) is -2.36. The predicted octanol–water partition coefficient (Wildman–Crippen LogP) is 2.22. The lowest BCUT2D eigenvalue weighted by molar-refractivity contribution is -0.385. The number of esters is 1. The second-order valence-electron chi connectivity index (χ2n) is 4.95. The van der Waals surface area contributed by atoms with Crippen LogP contribution in [0, 0.1) is 15.9 Å². The molecule has 0 heterocycles. The van der Waals surface area contributed by atoms with Crippen molar-refractivity contribution in [2.45, 2.75) is 0 Å². The van der Waals surface area contributed by atoms with Crippen molar-refractivity contribution in [1.29, 1.82) is 0 Å². The number of nitrogens with two attached hydrogens (primary N) is 1. The van der Waals surface area contributed by atoms with Crippen LogP contribution in [0.4, 0.5) is 10.1 Å². The van der Waals surface area contributed by atoms with Gasteiger partial charge in [0.05, 0.1) is 4.92 Å². The molecule has 0 saturated carbocycles. The van der Waals surface area contributed by atoms with E-state index >= 15 is 0 Å². The summed E-state index contributed by atoms with van der Waals surface area (Å²) < 4.78 is 23.1. The van der Waals surface area contributed by atoms with E-state index in [1.165, 1.54) is 6.08 Å². The number of nitro groups is 1. The third-order valence-corrected chi connectivity index (χ3v) is 3.00. The van der Waals surface area contributed by atoms with Gasteiger partial charge in [0.1, 0.15) is 11.6 Å². The number of primary amides is 1. The van der Waals surface area contributed by atoms with Gasteiger partial charge in [-0.3, -0.25) is 14.9 Å². The van der Waals surface area contributed by atoms with Gasteiger partial charge in [-0.25, -0.2) is 9.18 Å². The first-order chi connectivity index (χ1) is 12.3. The van der Waals surface area contributed by atoms with Crippen LogP contribution >= 0.6 is 0 Å². The maximum Gasteiger partial charge on any atom is 0.336 e. The summed E-state index contributed by atoms with van der Waals surface area (Å²) in [5, 5.41) is 10.9. The van der Waals surface area contributed by atoms with Gasteiger partial charge >= 0.3 is 11.7 Å². The molecular formula is C17H13FN2O6. The van der Waals surface area contributed by atoms with Gasteiger partial charge in [-0.1, -0.05) is 12.1 Å². The fourth-order valence-corrected chi connectivity index (χ4v) is 1.86. The summed E-state index contributed by atoms with van der Waals surface area (Å²) in [6.45, 7) is -0.256. The normalized spacial score (nSPS) is 10.5. The molecule has 9 heteroatoms. The number of hydrogen-bond acceptors (Lipinski definition) is 6. The molecular weight excluding hydrogens is 347 g/mol. The maximum atomic E-state index is 13.2. The first kappa shape index (κ1) is 18.6. The molecule has 8 nitrogen and oxygen atoms in total. The van der Waals surface area contributed by atoms with Crippen molar-refractivity contribution in [2.75, 3.05) is 6.61 Å². The Bertz CT molecular complexity index is 864. The lowest BCUT2D eigenvalue weighted by atomic mass is 10.2. The predicted molar refractivity (Wildman–Crippen MR) is 88.9 cm³/mol. The van der Waals surface area contributed by atoms with E-state index in [2.05, 4.69) is 0 Å². The smallest absolute Gasteiger partial charge is 0.336 e. The standard InChI is InChI=1S/C17H13FN2O6/c18-12-4-7-14(20(23)24)15(9-12)26-17(22)8-3-11-1-5-13(6-2-11)25-10-16(19)21/h1-9H,10H2,(H2,19,21)/b8-3+. The van der Waals surface area contributed by atoms with Gasteiger partial charge in [-0.2, -0.15) is 0 Å². The van der Waals surface area contributed by atoms with Crippen molar-refractivity contribution < 1.29 is 28.4 Å².